The van der Waals surface area contributed by atoms with E-state index >= 15 is 0 Å². The molecule has 0 unspecified atom stereocenters. The molecular weight excluding hydrogens is 597 g/mol. The van der Waals surface area contributed by atoms with Gasteiger partial charge in [-0.1, -0.05) is 35.9 Å². The average molecular weight is 610 g/mol. The molecule has 3 aromatic carbocycles. The number of carbonyl (C=O) groups excluding carboxylic acids is 2. The van der Waals surface area contributed by atoms with Gasteiger partial charge >= 0.3 is 18.0 Å². The number of carbonyl (C=O) groups is 2. The van der Waals surface area contributed by atoms with Gasteiger partial charge in [-0.2, -0.15) is 26.3 Å². The standard InChI is InChI=1S/C24H13BrClF7N2O2/c25-17-9-13(22(27,23(28,29)30)24(31,32)33)5-8-19(17)34-20(36)16-10-14(6-7-18(16)26)35-11-12-3-1-2-4-15(12)21(35)37/h1-10H,11H2,(H,34,36). The molecule has 0 fully saturated rings. The largest absolute Gasteiger partial charge is 0.435 e. The first-order valence-corrected chi connectivity index (χ1v) is 11.5. The number of halogens is 9. The first kappa shape index (κ1) is 26.9. The normalized spacial score (nSPS) is 14.1. The number of rotatable bonds is 4. The van der Waals surface area contributed by atoms with Crippen LogP contribution in [0.1, 0.15) is 31.8 Å². The molecule has 13 heteroatoms. The molecule has 1 aliphatic rings. The van der Waals surface area contributed by atoms with Crippen molar-refractivity contribution in [2.24, 2.45) is 0 Å². The Kier molecular flexibility index (Phi) is 6.78. The number of hydrogen-bond donors (Lipinski definition) is 1. The van der Waals surface area contributed by atoms with E-state index in [1.807, 2.05) is 0 Å². The molecule has 3 aromatic rings. The van der Waals surface area contributed by atoms with Crippen molar-refractivity contribution < 1.29 is 40.3 Å². The Morgan fingerprint density at radius 3 is 2.16 bits per heavy atom. The summed E-state index contributed by atoms with van der Waals surface area (Å²) in [5, 5.41) is 2.28. The maximum atomic E-state index is 14.3. The second-order valence-corrected chi connectivity index (χ2v) is 9.28. The van der Waals surface area contributed by atoms with Crippen molar-refractivity contribution in [3.05, 3.63) is 92.4 Å². The predicted octanol–water partition coefficient (Wildman–Crippen LogP) is 7.80. The van der Waals surface area contributed by atoms with E-state index in [1.54, 1.807) is 24.3 Å². The molecule has 4 nitrogen and oxygen atoms in total. The van der Waals surface area contributed by atoms with E-state index in [0.717, 1.165) is 5.56 Å². The Balaban J connectivity index is 1.61. The van der Waals surface area contributed by atoms with Gasteiger partial charge in [0.25, 0.3) is 11.8 Å². The molecule has 0 radical (unpaired) electrons. The first-order chi connectivity index (χ1) is 17.1. The molecule has 194 valence electrons. The Hall–Kier alpha value is -3.12. The molecule has 37 heavy (non-hydrogen) atoms. The van der Waals surface area contributed by atoms with Crippen molar-refractivity contribution in [1.82, 2.24) is 0 Å². The van der Waals surface area contributed by atoms with Crippen LogP contribution in [0.4, 0.5) is 42.1 Å². The summed E-state index contributed by atoms with van der Waals surface area (Å²) in [4.78, 5) is 27.1. The zero-order valence-electron chi connectivity index (χ0n) is 18.1. The molecule has 0 aliphatic carbocycles. The lowest BCUT2D eigenvalue weighted by Crippen LogP contribution is -2.50. The lowest BCUT2D eigenvalue weighted by molar-refractivity contribution is -0.348. The third kappa shape index (κ3) is 4.68. The highest BCUT2D eigenvalue weighted by molar-refractivity contribution is 9.10. The number of anilines is 2. The number of nitrogens with one attached hydrogen (secondary N) is 1. The highest BCUT2D eigenvalue weighted by Crippen LogP contribution is 2.53. The Morgan fingerprint density at radius 1 is 0.919 bits per heavy atom. The van der Waals surface area contributed by atoms with E-state index in [2.05, 4.69) is 21.2 Å². The predicted molar refractivity (Wildman–Crippen MR) is 125 cm³/mol. The monoisotopic (exact) mass is 608 g/mol. The number of fused-ring (bicyclic) bond motifs is 1. The minimum absolute atomic E-state index is 0.0323. The molecule has 0 spiro atoms. The quantitative estimate of drug-likeness (QED) is 0.307. The van der Waals surface area contributed by atoms with Crippen molar-refractivity contribution in [1.29, 1.82) is 0 Å². The highest BCUT2D eigenvalue weighted by atomic mass is 79.9. The van der Waals surface area contributed by atoms with E-state index in [9.17, 15) is 40.3 Å². The van der Waals surface area contributed by atoms with Crippen LogP contribution in [0.15, 0.2) is 65.1 Å². The van der Waals surface area contributed by atoms with Gasteiger partial charge in [0.15, 0.2) is 0 Å². The summed E-state index contributed by atoms with van der Waals surface area (Å²) < 4.78 is 92.2. The van der Waals surface area contributed by atoms with Crippen molar-refractivity contribution in [3.8, 4) is 0 Å². The van der Waals surface area contributed by atoms with Crippen LogP contribution in [0.2, 0.25) is 5.02 Å². The van der Waals surface area contributed by atoms with Gasteiger partial charge in [0.1, 0.15) is 0 Å². The number of nitrogens with zero attached hydrogens (tertiary/aromatic N) is 1. The van der Waals surface area contributed by atoms with Gasteiger partial charge in [0, 0.05) is 21.3 Å². The summed E-state index contributed by atoms with van der Waals surface area (Å²) in [6.07, 6.45) is -12.6. The molecule has 0 saturated heterocycles. The first-order valence-electron chi connectivity index (χ1n) is 10.3. The number of amides is 2. The second-order valence-electron chi connectivity index (χ2n) is 8.02. The summed E-state index contributed by atoms with van der Waals surface area (Å²) in [6.45, 7) is 0.244. The fourth-order valence-electron chi connectivity index (χ4n) is 3.83. The van der Waals surface area contributed by atoms with E-state index in [0.29, 0.717) is 17.3 Å². The number of benzene rings is 3. The van der Waals surface area contributed by atoms with E-state index in [4.69, 9.17) is 11.6 Å². The highest BCUT2D eigenvalue weighted by Gasteiger charge is 2.73. The molecule has 1 N–H and O–H groups in total. The van der Waals surface area contributed by atoms with Gasteiger partial charge in [-0.05, 0) is 57.9 Å². The lowest BCUT2D eigenvalue weighted by atomic mass is 9.94. The molecule has 1 aliphatic heterocycles. The topological polar surface area (TPSA) is 49.4 Å². The third-order valence-corrected chi connectivity index (χ3v) is 6.71. The molecule has 2 amide bonds. The van der Waals surface area contributed by atoms with Gasteiger partial charge in [0.05, 0.1) is 22.8 Å². The fourth-order valence-corrected chi connectivity index (χ4v) is 4.51. The molecule has 0 atom stereocenters. The van der Waals surface area contributed by atoms with Gasteiger partial charge in [-0.3, -0.25) is 9.59 Å². The van der Waals surface area contributed by atoms with Crippen molar-refractivity contribution in [2.45, 2.75) is 24.6 Å². The van der Waals surface area contributed by atoms with Gasteiger partial charge < -0.3 is 10.2 Å². The number of alkyl halides is 7. The molecular formula is C24H13BrClF7N2O2. The second kappa shape index (κ2) is 9.32. The Bertz CT molecular complexity index is 1390. The molecule has 0 aromatic heterocycles. The van der Waals surface area contributed by atoms with Crippen molar-refractivity contribution in [3.63, 3.8) is 0 Å². The van der Waals surface area contributed by atoms with Gasteiger partial charge in [0.2, 0.25) is 0 Å². The maximum absolute atomic E-state index is 14.3. The zero-order chi connectivity index (χ0) is 27.3. The Morgan fingerprint density at radius 2 is 1.57 bits per heavy atom. The minimum Gasteiger partial charge on any atom is -0.321 e. The molecule has 0 bridgehead atoms. The minimum atomic E-state index is -6.28. The van der Waals surface area contributed by atoms with Crippen molar-refractivity contribution >= 4 is 50.7 Å². The lowest BCUT2D eigenvalue weighted by Gasteiger charge is -2.30. The van der Waals surface area contributed by atoms with Crippen LogP contribution in [0.5, 0.6) is 0 Å². The summed E-state index contributed by atoms with van der Waals surface area (Å²) in [5.41, 5.74) is -6.10. The van der Waals surface area contributed by atoms with Crippen LogP contribution in [0.3, 0.4) is 0 Å². The molecule has 1 heterocycles. The summed E-state index contributed by atoms with van der Waals surface area (Å²) >= 11 is 8.92. The van der Waals surface area contributed by atoms with Crippen LogP contribution in [0.25, 0.3) is 0 Å². The smallest absolute Gasteiger partial charge is 0.321 e. The van der Waals surface area contributed by atoms with Crippen molar-refractivity contribution in [2.75, 3.05) is 10.2 Å². The molecule has 4 rings (SSSR count). The van der Waals surface area contributed by atoms with Crippen LogP contribution < -0.4 is 10.2 Å². The summed E-state index contributed by atoms with van der Waals surface area (Å²) in [6, 6.07) is 12.4. The average Bonchev–Trinajstić information content (AvgIpc) is 3.15. The summed E-state index contributed by atoms with van der Waals surface area (Å²) in [7, 11) is 0. The SMILES string of the molecule is O=C(Nc1ccc(C(F)(C(F)(F)F)C(F)(F)F)cc1Br)c1cc(N2Cc3ccccc3C2=O)ccc1Cl. The molecule has 0 saturated carbocycles. The van der Waals surface area contributed by atoms with Crippen LogP contribution in [-0.4, -0.2) is 24.2 Å². The van der Waals surface area contributed by atoms with Crippen LogP contribution in [0, 0.1) is 0 Å². The number of hydrogen-bond acceptors (Lipinski definition) is 2. The fraction of sp³-hybridized carbons (Fsp3) is 0.167. The zero-order valence-corrected chi connectivity index (χ0v) is 20.5. The van der Waals surface area contributed by atoms with E-state index in [-0.39, 0.29) is 40.9 Å². The van der Waals surface area contributed by atoms with Gasteiger partial charge in [-0.25, -0.2) is 4.39 Å². The summed E-state index contributed by atoms with van der Waals surface area (Å²) in [5.74, 6) is -1.17. The third-order valence-electron chi connectivity index (χ3n) is 5.72. The Labute approximate surface area is 218 Å². The van der Waals surface area contributed by atoms with Crippen LogP contribution >= 0.6 is 27.5 Å². The van der Waals surface area contributed by atoms with E-state index in [1.165, 1.54) is 23.1 Å². The van der Waals surface area contributed by atoms with Gasteiger partial charge in [-0.15, -0.1) is 0 Å². The maximum Gasteiger partial charge on any atom is 0.435 e. The van der Waals surface area contributed by atoms with E-state index < -0.39 is 34.0 Å². The van der Waals surface area contributed by atoms with Crippen LogP contribution in [-0.2, 0) is 12.2 Å².